The third kappa shape index (κ3) is 5.88. The lowest BCUT2D eigenvalue weighted by Gasteiger charge is -1.97. The number of hydrogen-bond donors (Lipinski definition) is 1. The summed E-state index contributed by atoms with van der Waals surface area (Å²) in [4.78, 5) is 19.8. The molecule has 0 aliphatic heterocycles. The first-order valence-electron chi connectivity index (χ1n) is 4.63. The number of benzene rings is 1. The third-order valence-electron chi connectivity index (χ3n) is 1.72. The molecule has 1 aromatic rings. The summed E-state index contributed by atoms with van der Waals surface area (Å²) >= 11 is 0. The summed E-state index contributed by atoms with van der Waals surface area (Å²) in [6, 6.07) is 7.26. The third-order valence-corrected chi connectivity index (χ3v) is 1.72. The van der Waals surface area contributed by atoms with E-state index >= 15 is 0 Å². The number of methoxy groups -OCH3 is 1. The highest BCUT2D eigenvalue weighted by atomic mass is 19.4. The van der Waals surface area contributed by atoms with Gasteiger partial charge in [0.2, 0.25) is 0 Å². The minimum atomic E-state index is -5.08. The summed E-state index contributed by atoms with van der Waals surface area (Å²) in [5.74, 6) is -3.04. The van der Waals surface area contributed by atoms with Crippen LogP contribution in [0.15, 0.2) is 24.3 Å². The number of aliphatic carboxylic acids is 1. The first kappa shape index (κ1) is 16.0. The van der Waals surface area contributed by atoms with Crippen molar-refractivity contribution in [1.82, 2.24) is 0 Å². The molecule has 0 aliphatic carbocycles. The van der Waals surface area contributed by atoms with E-state index in [4.69, 9.17) is 9.90 Å². The fourth-order valence-electron chi connectivity index (χ4n) is 0.807. The van der Waals surface area contributed by atoms with Gasteiger partial charge in [0, 0.05) is 0 Å². The van der Waals surface area contributed by atoms with Crippen molar-refractivity contribution in [3.05, 3.63) is 35.4 Å². The van der Waals surface area contributed by atoms with E-state index in [2.05, 4.69) is 4.74 Å². The Bertz CT molecular complexity index is 409. The second-order valence-electron chi connectivity index (χ2n) is 3.16. The van der Waals surface area contributed by atoms with Crippen molar-refractivity contribution in [2.45, 2.75) is 13.1 Å². The van der Waals surface area contributed by atoms with Crippen LogP contribution in [0.25, 0.3) is 0 Å². The van der Waals surface area contributed by atoms with Crippen LogP contribution in [-0.2, 0) is 9.53 Å². The predicted octanol–water partition coefficient (Wildman–Crippen LogP) is 2.41. The molecule has 0 saturated carbocycles. The van der Waals surface area contributed by atoms with Crippen LogP contribution in [-0.4, -0.2) is 30.3 Å². The summed E-state index contributed by atoms with van der Waals surface area (Å²) in [5.41, 5.74) is 1.73. The average Bonchev–Trinajstić information content (AvgIpc) is 2.28. The van der Waals surface area contributed by atoms with E-state index in [1.54, 1.807) is 12.1 Å². The molecule has 0 fully saturated rings. The summed E-state index contributed by atoms with van der Waals surface area (Å²) in [6.45, 7) is 1.97. The van der Waals surface area contributed by atoms with Crippen LogP contribution in [0.4, 0.5) is 13.2 Å². The summed E-state index contributed by atoms with van der Waals surface area (Å²) in [5, 5.41) is 7.12. The molecule has 0 atom stereocenters. The number of aryl methyl sites for hydroxylation is 1. The Hall–Kier alpha value is -2.05. The minimum absolute atomic E-state index is 0.287. The maximum Gasteiger partial charge on any atom is 0.490 e. The van der Waals surface area contributed by atoms with Crippen LogP contribution in [0.3, 0.4) is 0 Å². The van der Waals surface area contributed by atoms with E-state index in [0.717, 1.165) is 5.56 Å². The molecule has 0 aromatic heterocycles. The van der Waals surface area contributed by atoms with E-state index < -0.39 is 12.1 Å². The standard InChI is InChI=1S/C9H10O2.C2HF3O2/c1-7-3-5-8(6-4-7)9(10)11-2;3-2(4,5)1(6)7/h3-6H,1-2H3;(H,6,7). The fourth-order valence-corrected chi connectivity index (χ4v) is 0.807. The smallest absolute Gasteiger partial charge is 0.475 e. The van der Waals surface area contributed by atoms with Crippen molar-refractivity contribution in [3.8, 4) is 0 Å². The largest absolute Gasteiger partial charge is 0.490 e. The van der Waals surface area contributed by atoms with Crippen molar-refractivity contribution < 1.29 is 32.6 Å². The first-order chi connectivity index (χ1) is 8.18. The Morgan fingerprint density at radius 2 is 1.56 bits per heavy atom. The van der Waals surface area contributed by atoms with Gasteiger partial charge in [-0.1, -0.05) is 17.7 Å². The van der Waals surface area contributed by atoms with Crippen molar-refractivity contribution in [3.63, 3.8) is 0 Å². The van der Waals surface area contributed by atoms with Crippen molar-refractivity contribution in [2.75, 3.05) is 7.11 Å². The Labute approximate surface area is 101 Å². The second-order valence-corrected chi connectivity index (χ2v) is 3.16. The molecule has 0 radical (unpaired) electrons. The number of rotatable bonds is 1. The SMILES string of the molecule is COC(=O)c1ccc(C)cc1.O=C(O)C(F)(F)F. The van der Waals surface area contributed by atoms with Crippen molar-refractivity contribution in [1.29, 1.82) is 0 Å². The lowest BCUT2D eigenvalue weighted by Crippen LogP contribution is -2.21. The molecular weight excluding hydrogens is 253 g/mol. The zero-order valence-corrected chi connectivity index (χ0v) is 9.62. The van der Waals surface area contributed by atoms with Gasteiger partial charge in [-0.2, -0.15) is 13.2 Å². The molecular formula is C11H11F3O4. The molecule has 1 rings (SSSR count). The van der Waals surface area contributed by atoms with Gasteiger partial charge in [-0.15, -0.1) is 0 Å². The topological polar surface area (TPSA) is 63.6 Å². The molecule has 0 saturated heterocycles. The lowest BCUT2D eigenvalue weighted by molar-refractivity contribution is -0.192. The minimum Gasteiger partial charge on any atom is -0.475 e. The number of alkyl halides is 3. The van der Waals surface area contributed by atoms with Crippen LogP contribution in [0, 0.1) is 6.92 Å². The maximum absolute atomic E-state index is 10.9. The molecule has 0 unspecified atom stereocenters. The van der Waals surface area contributed by atoms with Gasteiger partial charge >= 0.3 is 18.1 Å². The fraction of sp³-hybridized carbons (Fsp3) is 0.273. The summed E-state index contributed by atoms with van der Waals surface area (Å²) < 4.78 is 36.3. The highest BCUT2D eigenvalue weighted by Gasteiger charge is 2.38. The van der Waals surface area contributed by atoms with E-state index in [1.165, 1.54) is 7.11 Å². The van der Waals surface area contributed by atoms with Crippen LogP contribution in [0.1, 0.15) is 15.9 Å². The first-order valence-corrected chi connectivity index (χ1v) is 4.63. The van der Waals surface area contributed by atoms with Gasteiger partial charge in [-0.05, 0) is 19.1 Å². The van der Waals surface area contributed by atoms with Gasteiger partial charge in [0.05, 0.1) is 12.7 Å². The Morgan fingerprint density at radius 3 is 1.83 bits per heavy atom. The predicted molar refractivity (Wildman–Crippen MR) is 56.2 cm³/mol. The van der Waals surface area contributed by atoms with Crippen molar-refractivity contribution in [2.24, 2.45) is 0 Å². The van der Waals surface area contributed by atoms with Crippen LogP contribution in [0.5, 0.6) is 0 Å². The molecule has 7 heteroatoms. The van der Waals surface area contributed by atoms with Gasteiger partial charge in [0.15, 0.2) is 0 Å². The monoisotopic (exact) mass is 264 g/mol. The maximum atomic E-state index is 10.9. The van der Waals surface area contributed by atoms with Gasteiger partial charge in [0.25, 0.3) is 0 Å². The lowest BCUT2D eigenvalue weighted by atomic mass is 10.2. The van der Waals surface area contributed by atoms with Gasteiger partial charge in [-0.3, -0.25) is 0 Å². The second kappa shape index (κ2) is 6.63. The Balaban J connectivity index is 0.000000360. The molecule has 0 heterocycles. The average molecular weight is 264 g/mol. The number of carboxylic acids is 1. The zero-order valence-electron chi connectivity index (χ0n) is 9.62. The number of carboxylic acid groups (broad SMARTS) is 1. The number of ether oxygens (including phenoxy) is 1. The van der Waals surface area contributed by atoms with E-state index in [-0.39, 0.29) is 5.97 Å². The molecule has 1 aromatic carbocycles. The molecule has 18 heavy (non-hydrogen) atoms. The summed E-state index contributed by atoms with van der Waals surface area (Å²) in [7, 11) is 1.38. The highest BCUT2D eigenvalue weighted by Crippen LogP contribution is 2.13. The van der Waals surface area contributed by atoms with E-state index in [9.17, 15) is 18.0 Å². The summed E-state index contributed by atoms with van der Waals surface area (Å²) in [6.07, 6.45) is -5.08. The van der Waals surface area contributed by atoms with Gasteiger partial charge in [-0.25, -0.2) is 9.59 Å². The molecule has 4 nitrogen and oxygen atoms in total. The van der Waals surface area contributed by atoms with Crippen LogP contribution >= 0.6 is 0 Å². The number of esters is 1. The van der Waals surface area contributed by atoms with E-state index in [1.807, 2.05) is 19.1 Å². The molecule has 0 bridgehead atoms. The number of carbonyl (C=O) groups is 2. The molecule has 0 aliphatic rings. The van der Waals surface area contributed by atoms with Crippen LogP contribution in [0.2, 0.25) is 0 Å². The van der Waals surface area contributed by atoms with Crippen molar-refractivity contribution >= 4 is 11.9 Å². The highest BCUT2D eigenvalue weighted by molar-refractivity contribution is 5.89. The van der Waals surface area contributed by atoms with Gasteiger partial charge in [0.1, 0.15) is 0 Å². The normalized spacial score (nSPS) is 10.1. The Kier molecular flexibility index (Phi) is 5.87. The molecule has 100 valence electrons. The number of hydrogen-bond acceptors (Lipinski definition) is 3. The molecule has 0 amide bonds. The van der Waals surface area contributed by atoms with Crippen LogP contribution < -0.4 is 0 Å². The molecule has 1 N–H and O–H groups in total. The zero-order chi connectivity index (χ0) is 14.3. The Morgan fingerprint density at radius 1 is 1.17 bits per heavy atom. The van der Waals surface area contributed by atoms with Gasteiger partial charge < -0.3 is 9.84 Å². The quantitative estimate of drug-likeness (QED) is 0.791. The number of carbonyl (C=O) groups excluding carboxylic acids is 1. The van der Waals surface area contributed by atoms with E-state index in [0.29, 0.717) is 5.56 Å². The molecule has 0 spiro atoms. The number of halogens is 3.